The third-order valence-corrected chi connectivity index (χ3v) is 5.00. The number of quaternary nitrogens is 1. The minimum atomic E-state index is -0.200. The summed E-state index contributed by atoms with van der Waals surface area (Å²) < 4.78 is 6.24. The second-order valence-corrected chi connectivity index (χ2v) is 7.09. The molecule has 1 N–H and O–H groups in total. The van der Waals surface area contributed by atoms with Gasteiger partial charge in [-0.05, 0) is 35.5 Å². The van der Waals surface area contributed by atoms with Crippen molar-refractivity contribution in [2.24, 2.45) is 0 Å². The topological polar surface area (TPSA) is 51.0 Å². The number of rotatable bonds is 3. The van der Waals surface area contributed by atoms with Crippen LogP contribution in [0.5, 0.6) is 0 Å². The number of halogens is 1. The molecule has 2 aliphatic rings. The van der Waals surface area contributed by atoms with Gasteiger partial charge in [0.05, 0.1) is 18.1 Å². The van der Waals surface area contributed by atoms with E-state index < -0.39 is 0 Å². The van der Waals surface area contributed by atoms with Crippen LogP contribution in [-0.2, 0) is 9.53 Å². The molecule has 0 unspecified atom stereocenters. The first kappa shape index (κ1) is 15.7. The number of amides is 2. The summed E-state index contributed by atoms with van der Waals surface area (Å²) in [6.45, 7) is 3.43. The van der Waals surface area contributed by atoms with Crippen LogP contribution in [0.15, 0.2) is 33.6 Å². The highest BCUT2D eigenvalue weighted by molar-refractivity contribution is 9.10. The molecule has 1 aromatic carbocycles. The Bertz CT molecular complexity index is 629. The van der Waals surface area contributed by atoms with Gasteiger partial charge in [-0.25, -0.2) is 4.90 Å². The fourth-order valence-electron chi connectivity index (χ4n) is 2.43. The zero-order valence-corrected chi connectivity index (χ0v) is 14.3. The van der Waals surface area contributed by atoms with E-state index in [9.17, 15) is 9.59 Å². The van der Waals surface area contributed by atoms with Crippen LogP contribution in [0, 0.1) is 0 Å². The molecular weight excluding hydrogens is 368 g/mol. The molecule has 3 rings (SSSR count). The van der Waals surface area contributed by atoms with E-state index in [0.717, 1.165) is 34.9 Å². The van der Waals surface area contributed by atoms with Gasteiger partial charge in [0.2, 0.25) is 0 Å². The number of carbonyl (C=O) groups excluding carboxylic acids is 2. The number of ether oxygens (including phenoxy) is 1. The molecule has 1 aromatic rings. The molecule has 0 spiro atoms. The van der Waals surface area contributed by atoms with Gasteiger partial charge in [-0.3, -0.25) is 9.59 Å². The number of imide groups is 1. The van der Waals surface area contributed by atoms with E-state index in [1.165, 1.54) is 9.80 Å². The maximum absolute atomic E-state index is 12.4. The molecule has 0 bridgehead atoms. The average Bonchev–Trinajstić information content (AvgIpc) is 2.76. The van der Waals surface area contributed by atoms with Gasteiger partial charge in [-0.1, -0.05) is 28.1 Å². The molecular formula is C15H16BrN2O3S+. The molecule has 2 amide bonds. The van der Waals surface area contributed by atoms with Crippen molar-refractivity contribution in [1.82, 2.24) is 4.90 Å². The van der Waals surface area contributed by atoms with Crippen LogP contribution < -0.4 is 4.90 Å². The van der Waals surface area contributed by atoms with E-state index in [1.54, 1.807) is 6.08 Å². The minimum absolute atomic E-state index is 0.190. The van der Waals surface area contributed by atoms with Gasteiger partial charge >= 0.3 is 0 Å². The predicted molar refractivity (Wildman–Crippen MR) is 88.3 cm³/mol. The molecule has 0 aliphatic carbocycles. The molecule has 2 heterocycles. The fraction of sp³-hybridized carbons (Fsp3) is 0.333. The van der Waals surface area contributed by atoms with Crippen LogP contribution >= 0.6 is 27.7 Å². The number of hydrogen-bond donors (Lipinski definition) is 1. The van der Waals surface area contributed by atoms with Crippen LogP contribution in [0.1, 0.15) is 5.56 Å². The van der Waals surface area contributed by atoms with E-state index in [4.69, 9.17) is 4.74 Å². The SMILES string of the molecule is O=C1S/C(=C/c2cccc(Br)c2)C(=O)N1C[NH+]1CCOCC1. The number of thioether (sulfide) groups is 1. The summed E-state index contributed by atoms with van der Waals surface area (Å²) in [5.41, 5.74) is 0.901. The number of benzene rings is 1. The van der Waals surface area contributed by atoms with Crippen LogP contribution in [0.2, 0.25) is 0 Å². The second-order valence-electron chi connectivity index (χ2n) is 5.19. The lowest BCUT2D eigenvalue weighted by atomic mass is 10.2. The summed E-state index contributed by atoms with van der Waals surface area (Å²) in [5, 5.41) is -0.190. The zero-order valence-electron chi connectivity index (χ0n) is 11.9. The first-order valence-corrected chi connectivity index (χ1v) is 8.67. The summed E-state index contributed by atoms with van der Waals surface area (Å²) >= 11 is 4.41. The smallest absolute Gasteiger partial charge is 0.298 e. The quantitative estimate of drug-likeness (QED) is 0.800. The molecule has 0 radical (unpaired) electrons. The normalized spacial score (nSPS) is 21.9. The molecule has 22 heavy (non-hydrogen) atoms. The third kappa shape index (κ3) is 3.60. The third-order valence-electron chi connectivity index (χ3n) is 3.60. The van der Waals surface area contributed by atoms with Gasteiger partial charge in [-0.2, -0.15) is 0 Å². The van der Waals surface area contributed by atoms with Crippen LogP contribution in [-0.4, -0.2) is 49.0 Å². The Balaban J connectivity index is 1.73. The van der Waals surface area contributed by atoms with E-state index in [2.05, 4.69) is 15.9 Å². The predicted octanol–water partition coefficient (Wildman–Crippen LogP) is 1.36. The van der Waals surface area contributed by atoms with Crippen molar-refractivity contribution in [3.05, 3.63) is 39.2 Å². The van der Waals surface area contributed by atoms with Gasteiger partial charge in [0.15, 0.2) is 6.67 Å². The zero-order chi connectivity index (χ0) is 15.5. The molecule has 116 valence electrons. The molecule has 2 fully saturated rings. The fourth-order valence-corrected chi connectivity index (χ4v) is 3.68. The van der Waals surface area contributed by atoms with Crippen LogP contribution in [0.3, 0.4) is 0 Å². The molecule has 2 aliphatic heterocycles. The number of morpholine rings is 1. The highest BCUT2D eigenvalue weighted by atomic mass is 79.9. The maximum Gasteiger partial charge on any atom is 0.298 e. The van der Waals surface area contributed by atoms with E-state index in [-0.39, 0.29) is 11.1 Å². The maximum atomic E-state index is 12.4. The second kappa shape index (κ2) is 6.95. The Hall–Kier alpha value is -1.15. The molecule has 0 atom stereocenters. The van der Waals surface area contributed by atoms with E-state index in [1.807, 2.05) is 24.3 Å². The van der Waals surface area contributed by atoms with Crippen molar-refractivity contribution >= 4 is 44.9 Å². The van der Waals surface area contributed by atoms with Gasteiger partial charge in [0.1, 0.15) is 13.1 Å². The van der Waals surface area contributed by atoms with E-state index in [0.29, 0.717) is 24.8 Å². The van der Waals surface area contributed by atoms with Gasteiger partial charge in [0, 0.05) is 4.47 Å². The molecule has 2 saturated heterocycles. The van der Waals surface area contributed by atoms with E-state index >= 15 is 0 Å². The first-order valence-electron chi connectivity index (χ1n) is 7.06. The highest BCUT2D eigenvalue weighted by Gasteiger charge is 2.37. The lowest BCUT2D eigenvalue weighted by Gasteiger charge is -2.26. The summed E-state index contributed by atoms with van der Waals surface area (Å²) in [6, 6.07) is 7.65. The molecule has 5 nitrogen and oxygen atoms in total. The number of nitrogens with one attached hydrogen (secondary N) is 1. The van der Waals surface area contributed by atoms with Crippen molar-refractivity contribution in [1.29, 1.82) is 0 Å². The number of carbonyl (C=O) groups is 2. The molecule has 7 heteroatoms. The Labute approximate surface area is 141 Å². The van der Waals surface area contributed by atoms with Gasteiger partial charge in [-0.15, -0.1) is 0 Å². The van der Waals surface area contributed by atoms with Crippen molar-refractivity contribution < 1.29 is 19.2 Å². The van der Waals surface area contributed by atoms with Crippen molar-refractivity contribution in [3.8, 4) is 0 Å². The summed E-state index contributed by atoms with van der Waals surface area (Å²) in [6.07, 6.45) is 1.77. The summed E-state index contributed by atoms with van der Waals surface area (Å²) in [5.74, 6) is -0.200. The summed E-state index contributed by atoms with van der Waals surface area (Å²) in [7, 11) is 0. The lowest BCUT2D eigenvalue weighted by molar-refractivity contribution is -0.915. The van der Waals surface area contributed by atoms with Crippen molar-refractivity contribution in [2.75, 3.05) is 33.0 Å². The Morgan fingerprint density at radius 2 is 2.09 bits per heavy atom. The number of hydrogen-bond acceptors (Lipinski definition) is 4. The highest BCUT2D eigenvalue weighted by Crippen LogP contribution is 2.31. The van der Waals surface area contributed by atoms with Crippen LogP contribution in [0.25, 0.3) is 6.08 Å². The standard InChI is InChI=1S/C15H15BrN2O3S/c16-12-3-1-2-11(8-12)9-13-14(19)18(15(20)22-13)10-17-4-6-21-7-5-17/h1-3,8-9H,4-7,10H2/p+1/b13-9+. The molecule has 0 aromatic heterocycles. The van der Waals surface area contributed by atoms with Gasteiger partial charge < -0.3 is 9.64 Å². The minimum Gasteiger partial charge on any atom is -0.370 e. The largest absolute Gasteiger partial charge is 0.370 e. The Morgan fingerprint density at radius 3 is 2.82 bits per heavy atom. The number of nitrogens with zero attached hydrogens (tertiary/aromatic N) is 1. The van der Waals surface area contributed by atoms with Crippen molar-refractivity contribution in [3.63, 3.8) is 0 Å². The van der Waals surface area contributed by atoms with Gasteiger partial charge in [0.25, 0.3) is 11.1 Å². The summed E-state index contributed by atoms with van der Waals surface area (Å²) in [4.78, 5) is 27.6. The lowest BCUT2D eigenvalue weighted by Crippen LogP contribution is -3.15. The molecule has 0 saturated carbocycles. The first-order chi connectivity index (χ1) is 10.6. The average molecular weight is 384 g/mol. The Kier molecular flexibility index (Phi) is 4.97. The van der Waals surface area contributed by atoms with Crippen LogP contribution in [0.4, 0.5) is 4.79 Å². The Morgan fingerprint density at radius 1 is 1.32 bits per heavy atom. The van der Waals surface area contributed by atoms with Crippen molar-refractivity contribution in [2.45, 2.75) is 0 Å². The monoisotopic (exact) mass is 383 g/mol.